The van der Waals surface area contributed by atoms with Crippen LogP contribution in [0.1, 0.15) is 20.3 Å². The molecule has 0 fully saturated rings. The number of hydrogen-bond donors (Lipinski definition) is 2. The lowest BCUT2D eigenvalue weighted by atomic mass is 10.1. The molecule has 4 heteroatoms. The van der Waals surface area contributed by atoms with Gasteiger partial charge >= 0.3 is 0 Å². The number of fused-ring (bicyclic) bond motifs is 1. The summed E-state index contributed by atoms with van der Waals surface area (Å²) in [6.45, 7) is 7.10. The number of H-pyrrole nitrogens is 1. The highest BCUT2D eigenvalue weighted by atomic mass is 16.5. The SMILES string of the molecule is CC(C)CCNCCOc1ccc(-c2ccc3nc[nH]c3c2)cc1. The normalized spacial score (nSPS) is 11.3. The second-order valence-corrected chi connectivity index (χ2v) is 6.44. The first kappa shape index (κ1) is 16.5. The van der Waals surface area contributed by atoms with E-state index in [-0.39, 0.29) is 0 Å². The van der Waals surface area contributed by atoms with Crippen molar-refractivity contribution >= 4 is 11.0 Å². The van der Waals surface area contributed by atoms with E-state index in [4.69, 9.17) is 4.74 Å². The van der Waals surface area contributed by atoms with Crippen molar-refractivity contribution in [2.45, 2.75) is 20.3 Å². The van der Waals surface area contributed by atoms with Gasteiger partial charge in [-0.15, -0.1) is 0 Å². The molecule has 24 heavy (non-hydrogen) atoms. The van der Waals surface area contributed by atoms with E-state index in [0.717, 1.165) is 35.8 Å². The first-order valence-corrected chi connectivity index (χ1v) is 8.59. The largest absolute Gasteiger partial charge is 0.492 e. The lowest BCUT2D eigenvalue weighted by Gasteiger charge is -2.09. The predicted octanol–water partition coefficient (Wildman–Crippen LogP) is 4.24. The number of hydrogen-bond acceptors (Lipinski definition) is 3. The molecule has 0 atom stereocenters. The van der Waals surface area contributed by atoms with Crippen LogP contribution in [0.4, 0.5) is 0 Å². The molecule has 0 saturated heterocycles. The van der Waals surface area contributed by atoms with Gasteiger partial charge in [0, 0.05) is 6.54 Å². The summed E-state index contributed by atoms with van der Waals surface area (Å²) < 4.78 is 5.78. The number of nitrogens with zero attached hydrogens (tertiary/aromatic N) is 1. The summed E-state index contributed by atoms with van der Waals surface area (Å²) in [5, 5.41) is 3.40. The van der Waals surface area contributed by atoms with Gasteiger partial charge in [0.2, 0.25) is 0 Å². The summed E-state index contributed by atoms with van der Waals surface area (Å²) in [6.07, 6.45) is 2.93. The molecule has 3 aromatic rings. The smallest absolute Gasteiger partial charge is 0.119 e. The Morgan fingerprint density at radius 3 is 2.62 bits per heavy atom. The molecule has 4 nitrogen and oxygen atoms in total. The summed E-state index contributed by atoms with van der Waals surface area (Å²) in [5.74, 6) is 1.65. The topological polar surface area (TPSA) is 49.9 Å². The van der Waals surface area contributed by atoms with Crippen LogP contribution < -0.4 is 10.1 Å². The van der Waals surface area contributed by atoms with Crippen LogP contribution >= 0.6 is 0 Å². The molecule has 0 bridgehead atoms. The molecular weight excluding hydrogens is 298 g/mol. The van der Waals surface area contributed by atoms with E-state index in [0.29, 0.717) is 6.61 Å². The Morgan fingerprint density at radius 2 is 1.83 bits per heavy atom. The molecule has 2 aromatic carbocycles. The zero-order valence-corrected chi connectivity index (χ0v) is 14.4. The van der Waals surface area contributed by atoms with Gasteiger partial charge in [-0.2, -0.15) is 0 Å². The Hall–Kier alpha value is -2.33. The van der Waals surface area contributed by atoms with Crippen molar-refractivity contribution in [1.29, 1.82) is 0 Å². The molecule has 0 saturated carbocycles. The molecule has 2 N–H and O–H groups in total. The van der Waals surface area contributed by atoms with Crippen molar-refractivity contribution < 1.29 is 4.74 Å². The van der Waals surface area contributed by atoms with Crippen molar-refractivity contribution in [3.8, 4) is 16.9 Å². The van der Waals surface area contributed by atoms with Gasteiger partial charge in [0.05, 0.1) is 17.4 Å². The molecule has 0 spiro atoms. The fourth-order valence-electron chi connectivity index (χ4n) is 2.62. The summed E-state index contributed by atoms with van der Waals surface area (Å²) >= 11 is 0. The molecule has 0 unspecified atom stereocenters. The average Bonchev–Trinajstić information content (AvgIpc) is 3.06. The first-order chi connectivity index (χ1) is 11.7. The standard InChI is InChI=1S/C20H25N3O/c1-15(2)9-10-21-11-12-24-18-6-3-16(4-7-18)17-5-8-19-20(13-17)23-14-22-19/h3-8,13-15,21H,9-12H2,1-2H3,(H,22,23). The van der Waals surface area contributed by atoms with Crippen molar-refractivity contribution in [2.24, 2.45) is 5.92 Å². The second kappa shape index (κ2) is 7.97. The highest BCUT2D eigenvalue weighted by Crippen LogP contribution is 2.24. The fraction of sp³-hybridized carbons (Fsp3) is 0.350. The van der Waals surface area contributed by atoms with Crippen LogP contribution in [-0.4, -0.2) is 29.7 Å². The highest BCUT2D eigenvalue weighted by molar-refractivity contribution is 5.81. The Bertz CT molecular complexity index is 762. The van der Waals surface area contributed by atoms with Crippen LogP contribution in [0.3, 0.4) is 0 Å². The van der Waals surface area contributed by atoms with E-state index >= 15 is 0 Å². The average molecular weight is 323 g/mol. The van der Waals surface area contributed by atoms with E-state index in [1.165, 1.54) is 17.5 Å². The quantitative estimate of drug-likeness (QED) is 0.610. The zero-order valence-electron chi connectivity index (χ0n) is 14.4. The first-order valence-electron chi connectivity index (χ1n) is 8.59. The van der Waals surface area contributed by atoms with E-state index in [1.807, 2.05) is 18.2 Å². The number of ether oxygens (including phenoxy) is 1. The molecule has 126 valence electrons. The Balaban J connectivity index is 1.51. The lowest BCUT2D eigenvalue weighted by Crippen LogP contribution is -2.22. The number of aromatic amines is 1. The van der Waals surface area contributed by atoms with E-state index in [9.17, 15) is 0 Å². The van der Waals surface area contributed by atoms with E-state index < -0.39 is 0 Å². The van der Waals surface area contributed by atoms with Crippen LogP contribution in [0, 0.1) is 5.92 Å². The fourth-order valence-corrected chi connectivity index (χ4v) is 2.62. The second-order valence-electron chi connectivity index (χ2n) is 6.44. The number of benzene rings is 2. The number of imidazole rings is 1. The molecule has 1 heterocycles. The molecule has 0 aliphatic heterocycles. The van der Waals surface area contributed by atoms with Crippen molar-refractivity contribution in [3.63, 3.8) is 0 Å². The Morgan fingerprint density at radius 1 is 1.04 bits per heavy atom. The maximum atomic E-state index is 5.78. The van der Waals surface area contributed by atoms with Gasteiger partial charge < -0.3 is 15.0 Å². The van der Waals surface area contributed by atoms with Gasteiger partial charge in [-0.1, -0.05) is 32.0 Å². The predicted molar refractivity (Wildman–Crippen MR) is 99.3 cm³/mol. The summed E-state index contributed by atoms with van der Waals surface area (Å²) in [6, 6.07) is 14.5. The monoisotopic (exact) mass is 323 g/mol. The molecule has 1 aromatic heterocycles. The lowest BCUT2D eigenvalue weighted by molar-refractivity contribution is 0.312. The molecule has 0 aliphatic rings. The van der Waals surface area contributed by atoms with Crippen LogP contribution in [-0.2, 0) is 0 Å². The number of nitrogens with one attached hydrogen (secondary N) is 2. The van der Waals surface area contributed by atoms with Crippen LogP contribution in [0.5, 0.6) is 5.75 Å². The van der Waals surface area contributed by atoms with Crippen molar-refractivity contribution in [3.05, 3.63) is 48.8 Å². The molecular formula is C20H25N3O. The number of rotatable bonds is 8. The minimum atomic E-state index is 0.692. The minimum absolute atomic E-state index is 0.692. The summed E-state index contributed by atoms with van der Waals surface area (Å²) in [7, 11) is 0. The highest BCUT2D eigenvalue weighted by Gasteiger charge is 2.02. The van der Waals surface area contributed by atoms with Gasteiger partial charge in [0.15, 0.2) is 0 Å². The van der Waals surface area contributed by atoms with Gasteiger partial charge in [0.1, 0.15) is 12.4 Å². The Kier molecular flexibility index (Phi) is 5.49. The van der Waals surface area contributed by atoms with Gasteiger partial charge in [0.25, 0.3) is 0 Å². The van der Waals surface area contributed by atoms with Crippen LogP contribution in [0.2, 0.25) is 0 Å². The van der Waals surface area contributed by atoms with Gasteiger partial charge in [-0.05, 0) is 54.3 Å². The molecule has 3 rings (SSSR count). The Labute approximate surface area is 143 Å². The zero-order chi connectivity index (χ0) is 16.8. The van der Waals surface area contributed by atoms with Crippen LogP contribution in [0.15, 0.2) is 48.8 Å². The van der Waals surface area contributed by atoms with E-state index in [1.54, 1.807) is 6.33 Å². The molecule has 0 aliphatic carbocycles. The van der Waals surface area contributed by atoms with Gasteiger partial charge in [-0.3, -0.25) is 0 Å². The summed E-state index contributed by atoms with van der Waals surface area (Å²) in [5.41, 5.74) is 4.39. The van der Waals surface area contributed by atoms with Gasteiger partial charge in [-0.25, -0.2) is 4.98 Å². The number of aromatic nitrogens is 2. The third-order valence-corrected chi connectivity index (χ3v) is 4.05. The molecule has 0 amide bonds. The minimum Gasteiger partial charge on any atom is -0.492 e. The third kappa shape index (κ3) is 4.36. The van der Waals surface area contributed by atoms with Crippen molar-refractivity contribution in [2.75, 3.05) is 19.7 Å². The van der Waals surface area contributed by atoms with Crippen molar-refractivity contribution in [1.82, 2.24) is 15.3 Å². The maximum Gasteiger partial charge on any atom is 0.119 e. The third-order valence-electron chi connectivity index (χ3n) is 4.05. The maximum absolute atomic E-state index is 5.78. The summed E-state index contributed by atoms with van der Waals surface area (Å²) in [4.78, 5) is 7.40. The van der Waals surface area contributed by atoms with E-state index in [2.05, 4.69) is 53.4 Å². The van der Waals surface area contributed by atoms with Crippen LogP contribution in [0.25, 0.3) is 22.2 Å². The molecule has 0 radical (unpaired) electrons.